The quantitative estimate of drug-likeness (QED) is 0.164. The summed E-state index contributed by atoms with van der Waals surface area (Å²) in [5, 5.41) is 16.5. The first-order valence-corrected chi connectivity index (χ1v) is 12.8. The van der Waals surface area contributed by atoms with Crippen molar-refractivity contribution in [3.63, 3.8) is 0 Å². The maximum absolute atomic E-state index is 11.6. The molecule has 7 nitrogen and oxygen atoms in total. The Morgan fingerprint density at radius 2 is 1.21 bits per heavy atom. The monoisotopic (exact) mass is 474 g/mol. The van der Waals surface area contributed by atoms with Gasteiger partial charge in [-0.15, -0.1) is 0 Å². The van der Waals surface area contributed by atoms with Crippen molar-refractivity contribution in [3.8, 4) is 0 Å². The molecule has 0 aliphatic carbocycles. The van der Waals surface area contributed by atoms with E-state index in [-0.39, 0.29) is 36.5 Å². The van der Waals surface area contributed by atoms with E-state index in [1.165, 1.54) is 6.26 Å². The first-order valence-electron chi connectivity index (χ1n) is 12.8. The van der Waals surface area contributed by atoms with Gasteiger partial charge in [-0.05, 0) is 58.3 Å². The third kappa shape index (κ3) is 25.0. The predicted molar refractivity (Wildman–Crippen MR) is 138 cm³/mol. The summed E-state index contributed by atoms with van der Waals surface area (Å²) in [4.78, 5) is 22.4. The second kappa shape index (κ2) is 26.8. The molecule has 0 aromatic heterocycles. The van der Waals surface area contributed by atoms with Crippen LogP contribution in [-0.4, -0.2) is 40.8 Å². The predicted octanol–water partition coefficient (Wildman–Crippen LogP) is 5.39. The molecule has 0 bridgehead atoms. The van der Waals surface area contributed by atoms with Crippen LogP contribution in [0.2, 0.25) is 0 Å². The van der Waals surface area contributed by atoms with Gasteiger partial charge in [-0.25, -0.2) is 0 Å². The molecule has 6 N–H and O–H groups in total. The van der Waals surface area contributed by atoms with E-state index < -0.39 is 5.97 Å². The summed E-state index contributed by atoms with van der Waals surface area (Å²) in [6.45, 7) is 13.6. The third-order valence-corrected chi connectivity index (χ3v) is 5.46. The smallest absolute Gasteiger partial charge is 0.313 e. The zero-order valence-electron chi connectivity index (χ0n) is 22.1. The molecule has 7 heteroatoms. The molecule has 33 heavy (non-hydrogen) atoms. The lowest BCUT2D eigenvalue weighted by Crippen LogP contribution is -2.20. The fourth-order valence-electron chi connectivity index (χ4n) is 3.31. The van der Waals surface area contributed by atoms with Crippen molar-refractivity contribution in [1.29, 1.82) is 0 Å². The van der Waals surface area contributed by atoms with Crippen LogP contribution in [0.3, 0.4) is 0 Å². The second-order valence-corrected chi connectivity index (χ2v) is 8.43. The maximum Gasteiger partial charge on any atom is 0.313 e. The second-order valence-electron chi connectivity index (χ2n) is 8.43. The van der Waals surface area contributed by atoms with E-state index in [0.717, 1.165) is 77.0 Å². The Morgan fingerprint density at radius 3 is 1.55 bits per heavy atom. The Balaban J connectivity index is -0.000000490. The summed E-state index contributed by atoms with van der Waals surface area (Å²) >= 11 is 0. The topological polar surface area (TPSA) is 136 Å². The van der Waals surface area contributed by atoms with Gasteiger partial charge in [0, 0.05) is 18.7 Å². The minimum atomic E-state index is -0.656. The Kier molecular flexibility index (Phi) is 29.4. The van der Waals surface area contributed by atoms with Crippen LogP contribution in [0.25, 0.3) is 0 Å². The highest BCUT2D eigenvalue weighted by Gasteiger charge is 2.18. The molecule has 0 saturated heterocycles. The summed E-state index contributed by atoms with van der Waals surface area (Å²) < 4.78 is 4.83. The van der Waals surface area contributed by atoms with Gasteiger partial charge in [0.15, 0.2) is 0 Å². The molecule has 4 unspecified atom stereocenters. The molecule has 198 valence electrons. The Bertz CT molecular complexity index is 460. The number of rotatable bonds is 17. The molecule has 0 aliphatic rings. The fourth-order valence-corrected chi connectivity index (χ4v) is 3.31. The molecule has 0 radical (unpaired) electrons. The summed E-state index contributed by atoms with van der Waals surface area (Å²) in [7, 11) is 0. The van der Waals surface area contributed by atoms with E-state index in [0.29, 0.717) is 0 Å². The van der Waals surface area contributed by atoms with Crippen LogP contribution in [-0.2, 0) is 14.3 Å². The van der Waals surface area contributed by atoms with Crippen molar-refractivity contribution in [3.05, 3.63) is 12.8 Å². The molecule has 0 heterocycles. The average Bonchev–Trinajstić information content (AvgIpc) is 2.78. The standard InChI is InChI=1S/C13H25NO2.C11H23NO2.C2H6O/c1-4-8-11(13(15)16-6-3)9-7-10-12(14)5-2;1-3-6-9(11(13)14)7-5-8-10(12)4-2;1-2-3/h6,11-12H,3-5,7-10,14H2,1-2H3;9-10H,3-8,12H2,1-2H3,(H,13,14);3H,2H2,1H3. The van der Waals surface area contributed by atoms with Crippen LogP contribution in [0, 0.1) is 11.8 Å². The number of carboxylic acid groups (broad SMARTS) is 1. The molecule has 0 saturated carbocycles. The van der Waals surface area contributed by atoms with Gasteiger partial charge in [-0.3, -0.25) is 9.59 Å². The van der Waals surface area contributed by atoms with E-state index >= 15 is 0 Å². The lowest BCUT2D eigenvalue weighted by atomic mass is 9.95. The van der Waals surface area contributed by atoms with Gasteiger partial charge in [-0.1, -0.05) is 60.0 Å². The summed E-state index contributed by atoms with van der Waals surface area (Å²) in [6, 6.07) is 0.503. The van der Waals surface area contributed by atoms with Crippen molar-refractivity contribution in [2.75, 3.05) is 6.61 Å². The Hall–Kier alpha value is -1.44. The van der Waals surface area contributed by atoms with E-state index in [1.54, 1.807) is 6.92 Å². The molecule has 0 aromatic carbocycles. The zero-order valence-corrected chi connectivity index (χ0v) is 22.1. The van der Waals surface area contributed by atoms with Gasteiger partial charge >= 0.3 is 11.9 Å². The average molecular weight is 475 g/mol. The Morgan fingerprint density at radius 1 is 0.818 bits per heavy atom. The SMILES string of the molecule is C=COC(=O)C(CCC)CCCC(N)CC.CCCC(CCCC(N)CC)C(=O)O.CCO. The van der Waals surface area contributed by atoms with Gasteiger partial charge in [-0.2, -0.15) is 0 Å². The van der Waals surface area contributed by atoms with Crippen LogP contribution in [0.15, 0.2) is 12.8 Å². The molecule has 4 atom stereocenters. The number of hydrogen-bond donors (Lipinski definition) is 4. The van der Waals surface area contributed by atoms with Crippen LogP contribution < -0.4 is 11.5 Å². The number of nitrogens with two attached hydrogens (primary N) is 2. The molecular formula is C26H54N2O5. The van der Waals surface area contributed by atoms with Crippen molar-refractivity contribution in [2.45, 2.75) is 124 Å². The van der Waals surface area contributed by atoms with Gasteiger partial charge in [0.25, 0.3) is 0 Å². The number of hydrogen-bond acceptors (Lipinski definition) is 6. The Labute approximate surface area is 203 Å². The number of esters is 1. The van der Waals surface area contributed by atoms with Gasteiger partial charge in [0.05, 0.1) is 18.1 Å². The first kappa shape index (κ1) is 36.1. The summed E-state index contributed by atoms with van der Waals surface area (Å²) in [5.41, 5.74) is 11.6. The fraction of sp³-hybridized carbons (Fsp3) is 0.846. The van der Waals surface area contributed by atoms with Crippen molar-refractivity contribution < 1.29 is 24.5 Å². The third-order valence-electron chi connectivity index (χ3n) is 5.46. The highest BCUT2D eigenvalue weighted by atomic mass is 16.5. The van der Waals surface area contributed by atoms with Crippen LogP contribution in [0.4, 0.5) is 0 Å². The van der Waals surface area contributed by atoms with Crippen LogP contribution in [0.1, 0.15) is 112 Å². The largest absolute Gasteiger partial charge is 0.481 e. The van der Waals surface area contributed by atoms with Crippen molar-refractivity contribution in [1.82, 2.24) is 0 Å². The van der Waals surface area contributed by atoms with Crippen molar-refractivity contribution >= 4 is 11.9 Å². The number of aliphatic hydroxyl groups excluding tert-OH is 1. The van der Waals surface area contributed by atoms with E-state index in [2.05, 4.69) is 27.4 Å². The first-order chi connectivity index (χ1) is 15.7. The van der Waals surface area contributed by atoms with E-state index in [4.69, 9.17) is 26.4 Å². The summed E-state index contributed by atoms with van der Waals surface area (Å²) in [6.07, 6.45) is 12.3. The van der Waals surface area contributed by atoms with Crippen LogP contribution >= 0.6 is 0 Å². The molecule has 0 rings (SSSR count). The van der Waals surface area contributed by atoms with Gasteiger partial charge in [0.1, 0.15) is 0 Å². The number of carbonyl (C=O) groups excluding carboxylic acids is 1. The number of carbonyl (C=O) groups is 2. The minimum Gasteiger partial charge on any atom is -0.481 e. The zero-order chi connectivity index (χ0) is 26.1. The minimum absolute atomic E-state index is 0.00653. The number of carboxylic acids is 1. The number of aliphatic hydroxyl groups is 1. The van der Waals surface area contributed by atoms with E-state index in [9.17, 15) is 9.59 Å². The molecule has 0 spiro atoms. The van der Waals surface area contributed by atoms with Gasteiger partial charge < -0.3 is 26.4 Å². The molecular weight excluding hydrogens is 420 g/mol. The lowest BCUT2D eigenvalue weighted by Gasteiger charge is -2.14. The molecule has 0 aromatic rings. The molecule has 0 aliphatic heterocycles. The summed E-state index contributed by atoms with van der Waals surface area (Å²) in [5.74, 6) is -0.963. The van der Waals surface area contributed by atoms with Crippen LogP contribution in [0.5, 0.6) is 0 Å². The lowest BCUT2D eigenvalue weighted by molar-refractivity contribution is -0.143. The maximum atomic E-state index is 11.6. The highest BCUT2D eigenvalue weighted by molar-refractivity contribution is 5.72. The molecule has 0 amide bonds. The van der Waals surface area contributed by atoms with E-state index in [1.807, 2.05) is 6.92 Å². The highest BCUT2D eigenvalue weighted by Crippen LogP contribution is 2.18. The number of aliphatic carboxylic acids is 1. The van der Waals surface area contributed by atoms with Gasteiger partial charge in [0.2, 0.25) is 0 Å². The van der Waals surface area contributed by atoms with Crippen molar-refractivity contribution in [2.24, 2.45) is 23.3 Å². The number of ether oxygens (including phenoxy) is 1. The normalized spacial score (nSPS) is 13.8. The molecule has 0 fully saturated rings.